The molecule has 0 radical (unpaired) electrons. The normalized spacial score (nSPS) is 24.9. The second-order valence-corrected chi connectivity index (χ2v) is 23.5. The predicted octanol–water partition coefficient (Wildman–Crippen LogP) is 4.63. The number of allylic oxidation sites excluding steroid dienone is 3. The molecule has 4 aliphatic rings. The number of anilines is 2. The Morgan fingerprint density at radius 3 is 2.32 bits per heavy atom. The van der Waals surface area contributed by atoms with E-state index in [4.69, 9.17) is 41.0 Å². The van der Waals surface area contributed by atoms with Crippen LogP contribution in [-0.4, -0.2) is 170 Å². The van der Waals surface area contributed by atoms with Crippen molar-refractivity contribution in [3.8, 4) is 5.75 Å². The number of hydrogen-bond donors (Lipinski definition) is 7. The van der Waals surface area contributed by atoms with Gasteiger partial charge in [-0.25, -0.2) is 14.4 Å². The van der Waals surface area contributed by atoms with E-state index in [0.717, 1.165) is 20.9 Å². The van der Waals surface area contributed by atoms with Crippen molar-refractivity contribution in [3.05, 3.63) is 88.0 Å². The van der Waals surface area contributed by atoms with Crippen molar-refractivity contribution in [3.63, 3.8) is 0 Å². The number of fused-ring (bicyclic) bond motifs is 5. The molecule has 25 nitrogen and oxygen atoms in total. The number of rotatable bonds is 22. The number of likely N-dealkylation sites (N-methyl/N-ethyl adjacent to an activating group) is 1. The highest BCUT2D eigenvalue weighted by molar-refractivity contribution is 6.34. The van der Waals surface area contributed by atoms with Gasteiger partial charge in [-0.3, -0.25) is 43.8 Å². The van der Waals surface area contributed by atoms with Crippen LogP contribution in [0.3, 0.4) is 0 Å². The monoisotopic (exact) mass is 1230 g/mol. The standard InChI is InChI=1S/C61H82ClN9O16/c1-33(2)52(67-47(72)20-13-12-14-26-71-48(73)23-24-49(71)74)55(77)66-41(18-16-25-64-58(63)80)54(76)65-39-21-22-40(43(30-39)83-10)56(78)69(8)37(6)57(79)86-46-31-50(75)70(9)42-29-38(28-35(4)51(42)62)27-34(3)17-15-19-45(84-11)61(82)32-44(85-59(81)68-61)36(5)53-60(46,7)87-53/h15,17,19,21-24,28-30,33,36-37,41,44-46,52-53,82H,12-14,16,18,20,25-27,31-32H2,1-11H3,(H,65,76)(H,66,77)(H,67,72)(H,68,81)(H3,63,64,80)/b19-15+,34-17+/t36-,37+,41+,44+,45-,46+,52+,53+,60+,61+/m1/s1. The van der Waals surface area contributed by atoms with E-state index < -0.39 is 120 Å². The molecule has 8 N–H and O–H groups in total. The van der Waals surface area contributed by atoms with E-state index in [1.54, 1.807) is 53.0 Å². The Bertz CT molecular complexity index is 3040. The number of esters is 1. The molecule has 6 rings (SSSR count). The van der Waals surface area contributed by atoms with Crippen LogP contribution in [-0.2, 0) is 58.9 Å². The molecule has 474 valence electrons. The Morgan fingerprint density at radius 1 is 0.966 bits per heavy atom. The first-order valence-electron chi connectivity index (χ1n) is 29.0. The third-order valence-corrected chi connectivity index (χ3v) is 16.7. The number of alkyl carbamates (subject to hydrolysis) is 1. The van der Waals surface area contributed by atoms with E-state index in [0.29, 0.717) is 42.0 Å². The number of nitrogens with two attached hydrogens (primary N) is 1. The van der Waals surface area contributed by atoms with Crippen molar-refractivity contribution in [2.45, 2.75) is 160 Å². The number of methoxy groups -OCH3 is 2. The van der Waals surface area contributed by atoms with Gasteiger partial charge in [0.05, 0.1) is 35.9 Å². The summed E-state index contributed by atoms with van der Waals surface area (Å²) < 4.78 is 29.6. The first-order valence-corrected chi connectivity index (χ1v) is 29.3. The van der Waals surface area contributed by atoms with E-state index >= 15 is 0 Å². The molecule has 0 aliphatic carbocycles. The van der Waals surface area contributed by atoms with Gasteiger partial charge in [0.15, 0.2) is 5.72 Å². The SMILES string of the molecule is COc1cc(NC(=O)[C@H](CCCNC(N)=O)NC(=O)[C@@H](NC(=O)CCCCCN2C(=O)C=CC2=O)C(C)C)ccc1C(=O)N(C)[C@@H](C)C(=O)O[C@H]1CC(=O)N(C)c2cc(cc(C)c2Cl)C/C(C)=C/C=C/[C@@H](OC)[C@@]2(O)C[C@H](OC(=O)N2)[C@@H](C)[C@@H]2O[C@@]12C. The van der Waals surface area contributed by atoms with Gasteiger partial charge in [-0.1, -0.05) is 68.7 Å². The van der Waals surface area contributed by atoms with Crippen molar-refractivity contribution < 1.29 is 76.7 Å². The number of imide groups is 1. The lowest BCUT2D eigenvalue weighted by Crippen LogP contribution is -2.63. The zero-order valence-electron chi connectivity index (χ0n) is 51.1. The number of carbonyl (C=O) groups is 10. The highest BCUT2D eigenvalue weighted by Crippen LogP contribution is 2.49. The number of nitrogens with one attached hydrogen (secondary N) is 5. The van der Waals surface area contributed by atoms with Gasteiger partial charge < -0.3 is 65.6 Å². The highest BCUT2D eigenvalue weighted by atomic mass is 35.5. The lowest BCUT2D eigenvalue weighted by Gasteiger charge is -2.42. The van der Waals surface area contributed by atoms with Crippen molar-refractivity contribution >= 4 is 82.4 Å². The van der Waals surface area contributed by atoms with Gasteiger partial charge in [0, 0.05) is 77.0 Å². The summed E-state index contributed by atoms with van der Waals surface area (Å²) in [6, 6.07) is 3.52. The lowest BCUT2D eigenvalue weighted by molar-refractivity contribution is -0.158. The number of amides is 10. The molecule has 0 unspecified atom stereocenters. The Hall–Kier alpha value is -7.87. The summed E-state index contributed by atoms with van der Waals surface area (Å²) in [5.41, 5.74) is 4.98. The highest BCUT2D eigenvalue weighted by Gasteiger charge is 2.64. The van der Waals surface area contributed by atoms with Gasteiger partial charge in [-0.15, -0.1) is 0 Å². The lowest BCUT2D eigenvalue weighted by atomic mass is 9.83. The van der Waals surface area contributed by atoms with Crippen molar-refractivity contribution in [2.75, 3.05) is 51.6 Å². The number of carbonyl (C=O) groups excluding carboxylic acids is 10. The molecular weight excluding hydrogens is 1150 g/mol. The zero-order valence-corrected chi connectivity index (χ0v) is 51.9. The van der Waals surface area contributed by atoms with E-state index in [1.165, 1.54) is 63.4 Å². The van der Waals surface area contributed by atoms with Gasteiger partial charge >= 0.3 is 18.1 Å². The van der Waals surface area contributed by atoms with Crippen LogP contribution in [0, 0.1) is 18.8 Å². The maximum Gasteiger partial charge on any atom is 0.409 e. The third-order valence-electron chi connectivity index (χ3n) is 16.2. The fourth-order valence-electron chi connectivity index (χ4n) is 10.8. The topological polar surface area (TPSA) is 336 Å². The van der Waals surface area contributed by atoms with E-state index in [2.05, 4.69) is 26.6 Å². The smallest absolute Gasteiger partial charge is 0.409 e. The predicted molar refractivity (Wildman–Crippen MR) is 320 cm³/mol. The summed E-state index contributed by atoms with van der Waals surface area (Å²) in [7, 11) is 5.63. The van der Waals surface area contributed by atoms with Gasteiger partial charge in [-0.2, -0.15) is 0 Å². The molecule has 4 heterocycles. The summed E-state index contributed by atoms with van der Waals surface area (Å²) in [4.78, 5) is 136. The van der Waals surface area contributed by atoms with E-state index in [1.807, 2.05) is 26.0 Å². The minimum absolute atomic E-state index is 0.0135. The number of epoxide rings is 1. The second-order valence-electron chi connectivity index (χ2n) is 23.1. The van der Waals surface area contributed by atoms with Crippen molar-refractivity contribution in [2.24, 2.45) is 17.6 Å². The molecule has 2 fully saturated rings. The molecule has 87 heavy (non-hydrogen) atoms. The molecule has 0 saturated carbocycles. The van der Waals surface area contributed by atoms with Crippen LogP contribution in [0.2, 0.25) is 5.02 Å². The average Bonchev–Trinajstić information content (AvgIpc) is 1.65. The third kappa shape index (κ3) is 17.2. The summed E-state index contributed by atoms with van der Waals surface area (Å²) in [5, 5.41) is 25.4. The van der Waals surface area contributed by atoms with Gasteiger partial charge in [0.2, 0.25) is 23.6 Å². The number of benzene rings is 2. The molecule has 10 atom stereocenters. The number of aliphatic hydroxyl groups is 1. The van der Waals surface area contributed by atoms with Crippen molar-refractivity contribution in [1.82, 2.24) is 31.1 Å². The molecule has 2 aromatic rings. The first-order chi connectivity index (χ1) is 41.0. The Labute approximate surface area is 511 Å². The number of urea groups is 1. The number of nitrogens with zero attached hydrogens (tertiary/aromatic N) is 3. The number of halogens is 1. The van der Waals surface area contributed by atoms with Crippen LogP contribution in [0.1, 0.15) is 114 Å². The van der Waals surface area contributed by atoms with Crippen molar-refractivity contribution in [1.29, 1.82) is 0 Å². The Kier molecular flexibility index (Phi) is 23.3. The number of aryl methyl sites for hydroxylation is 1. The van der Waals surface area contributed by atoms with Gasteiger partial charge in [-0.05, 0) is 95.0 Å². The van der Waals surface area contributed by atoms with Crippen LogP contribution in [0.4, 0.5) is 21.0 Å². The minimum Gasteiger partial charge on any atom is -0.496 e. The van der Waals surface area contributed by atoms with Crippen LogP contribution in [0.5, 0.6) is 5.75 Å². The molecule has 0 aromatic heterocycles. The van der Waals surface area contributed by atoms with Gasteiger partial charge in [0.1, 0.15) is 47.8 Å². The summed E-state index contributed by atoms with van der Waals surface area (Å²) in [6.07, 6.45) is 4.31. The summed E-state index contributed by atoms with van der Waals surface area (Å²) in [5.74, 6) is -5.71. The molecule has 2 saturated heterocycles. The average molecular weight is 1230 g/mol. The maximum atomic E-state index is 14.5. The zero-order chi connectivity index (χ0) is 64.2. The molecule has 0 spiro atoms. The molecule has 26 heteroatoms. The van der Waals surface area contributed by atoms with E-state index in [-0.39, 0.29) is 67.6 Å². The number of unbranched alkanes of at least 4 members (excludes halogenated alkanes) is 2. The number of primary amides is 1. The van der Waals surface area contributed by atoms with Gasteiger partial charge in [0.25, 0.3) is 17.7 Å². The largest absolute Gasteiger partial charge is 0.496 e. The molecule has 2 aromatic carbocycles. The fourth-order valence-corrected chi connectivity index (χ4v) is 11.0. The summed E-state index contributed by atoms with van der Waals surface area (Å²) in [6.45, 7) is 12.3. The van der Waals surface area contributed by atoms with Crippen LogP contribution in [0.15, 0.2) is 66.3 Å². The van der Waals surface area contributed by atoms with Crippen LogP contribution in [0.25, 0.3) is 0 Å². The first kappa shape index (κ1) is 68.2. The quantitative estimate of drug-likeness (QED) is 0.0366. The van der Waals surface area contributed by atoms with Crippen LogP contribution >= 0.6 is 11.6 Å². The summed E-state index contributed by atoms with van der Waals surface area (Å²) >= 11 is 6.87. The second kappa shape index (κ2) is 29.7. The van der Waals surface area contributed by atoms with Crippen LogP contribution < -0.4 is 42.0 Å². The molecular formula is C61H82ClN9O16. The maximum absolute atomic E-state index is 14.5. The number of ether oxygens (including phenoxy) is 5. The van der Waals surface area contributed by atoms with E-state index in [9.17, 15) is 53.1 Å². The Balaban J connectivity index is 1.17. The Morgan fingerprint density at radius 2 is 1.67 bits per heavy atom. The molecule has 4 bridgehead atoms. The number of hydrogen-bond acceptors (Lipinski definition) is 16. The molecule has 10 amide bonds. The fraction of sp³-hybridized carbons (Fsp3) is 0.541. The minimum atomic E-state index is -1.91. The molecule has 4 aliphatic heterocycles.